The molecule has 0 radical (unpaired) electrons. The lowest BCUT2D eigenvalue weighted by molar-refractivity contribution is 0.396. The summed E-state index contributed by atoms with van der Waals surface area (Å²) in [7, 11) is 1.56. The number of pyridine rings is 1. The molecule has 3 aromatic heterocycles. The van der Waals surface area contributed by atoms with Crippen molar-refractivity contribution in [2.75, 3.05) is 19.0 Å². The fourth-order valence-electron chi connectivity index (χ4n) is 3.93. The van der Waals surface area contributed by atoms with Crippen LogP contribution in [0.25, 0.3) is 16.9 Å². The molecule has 10 heteroatoms. The van der Waals surface area contributed by atoms with Gasteiger partial charge in [0.1, 0.15) is 5.39 Å². The summed E-state index contributed by atoms with van der Waals surface area (Å²) < 4.78 is 8.56. The average Bonchev–Trinajstić information content (AvgIpc) is 3.10. The second kappa shape index (κ2) is 8.97. The van der Waals surface area contributed by atoms with E-state index in [4.69, 9.17) is 4.74 Å². The Morgan fingerprint density at radius 1 is 1.19 bits per heavy atom. The molecule has 4 aromatic rings. The first-order valence-corrected chi connectivity index (χ1v) is 10.3. The second-order valence-electron chi connectivity index (χ2n) is 7.34. The smallest absolute Gasteiger partial charge is 0.278 e. The Bertz CT molecular complexity index is 1330. The highest BCUT2D eigenvalue weighted by molar-refractivity contribution is 5.85. The van der Waals surface area contributed by atoms with E-state index in [1.165, 1.54) is 11.1 Å². The zero-order valence-electron chi connectivity index (χ0n) is 17.8. The molecular weight excluding hydrogens is 430 g/mol. The van der Waals surface area contributed by atoms with E-state index in [0.717, 1.165) is 25.2 Å². The van der Waals surface area contributed by atoms with E-state index in [2.05, 4.69) is 37.7 Å². The van der Waals surface area contributed by atoms with Gasteiger partial charge >= 0.3 is 0 Å². The van der Waals surface area contributed by atoms with Crippen molar-refractivity contribution in [3.8, 4) is 11.7 Å². The first kappa shape index (κ1) is 21.8. The second-order valence-corrected chi connectivity index (χ2v) is 7.34. The van der Waals surface area contributed by atoms with Crippen molar-refractivity contribution in [1.29, 1.82) is 0 Å². The van der Waals surface area contributed by atoms with Gasteiger partial charge in [-0.15, -0.1) is 12.4 Å². The van der Waals surface area contributed by atoms with Gasteiger partial charge in [-0.1, -0.05) is 12.1 Å². The normalized spacial score (nSPS) is 12.8. The predicted molar refractivity (Wildman–Crippen MR) is 126 cm³/mol. The summed E-state index contributed by atoms with van der Waals surface area (Å²) in [6.45, 7) is 4.23. The lowest BCUT2D eigenvalue weighted by atomic mass is 10.0. The summed E-state index contributed by atoms with van der Waals surface area (Å²) in [5, 5.41) is 7.10. The first-order valence-electron chi connectivity index (χ1n) is 10.3. The molecule has 0 aliphatic carbocycles. The minimum absolute atomic E-state index is 0. The lowest BCUT2D eigenvalue weighted by Gasteiger charge is -2.18. The van der Waals surface area contributed by atoms with Gasteiger partial charge in [0.2, 0.25) is 11.8 Å². The van der Waals surface area contributed by atoms with Gasteiger partial charge in [0.05, 0.1) is 7.11 Å². The molecule has 5 rings (SSSR count). The Kier molecular flexibility index (Phi) is 6.11. The summed E-state index contributed by atoms with van der Waals surface area (Å²) in [5.74, 6) is 1.43. The fraction of sp³-hybridized carbons (Fsp3) is 0.273. The Morgan fingerprint density at radius 3 is 2.88 bits per heavy atom. The van der Waals surface area contributed by atoms with Crippen LogP contribution in [0.2, 0.25) is 0 Å². The van der Waals surface area contributed by atoms with Crippen molar-refractivity contribution >= 4 is 35.1 Å². The van der Waals surface area contributed by atoms with Gasteiger partial charge in [-0.2, -0.15) is 9.97 Å². The quantitative estimate of drug-likeness (QED) is 0.479. The van der Waals surface area contributed by atoms with Crippen LogP contribution in [0.4, 0.5) is 11.6 Å². The molecule has 0 amide bonds. The zero-order chi connectivity index (χ0) is 21.4. The van der Waals surface area contributed by atoms with Gasteiger partial charge in [-0.25, -0.2) is 14.3 Å². The van der Waals surface area contributed by atoms with Crippen molar-refractivity contribution in [1.82, 2.24) is 29.6 Å². The topological polar surface area (TPSA) is 98.9 Å². The number of anilines is 2. The number of methoxy groups -OCH3 is 1. The molecule has 2 N–H and O–H groups in total. The number of halogens is 1. The van der Waals surface area contributed by atoms with Crippen LogP contribution in [0.3, 0.4) is 0 Å². The highest BCUT2D eigenvalue weighted by Gasteiger charge is 2.18. The molecule has 1 aromatic carbocycles. The third-order valence-electron chi connectivity index (χ3n) is 5.46. The number of rotatable bonds is 5. The predicted octanol–water partition coefficient (Wildman–Crippen LogP) is 2.82. The van der Waals surface area contributed by atoms with E-state index in [1.54, 1.807) is 28.7 Å². The molecule has 1 aliphatic rings. The van der Waals surface area contributed by atoms with Crippen LogP contribution < -0.4 is 20.9 Å². The fourth-order valence-corrected chi connectivity index (χ4v) is 3.93. The first-order chi connectivity index (χ1) is 15.2. The summed E-state index contributed by atoms with van der Waals surface area (Å²) in [6, 6.07) is 11.7. The standard InChI is InChI=1S/C22H23N7O2.ClH/c1-3-28-21(30)17-13-24-22(25-16-8-7-14-9-10-23-12-15(14)11-16)27-20(17)29(28)18-5-4-6-19(26-18)31-2;/h4-8,11,13,23H,3,9-10,12H2,1-2H3,(H,24,25,27);1H. The van der Waals surface area contributed by atoms with Crippen LogP contribution in [0.15, 0.2) is 47.4 Å². The minimum Gasteiger partial charge on any atom is -0.481 e. The number of nitrogens with zero attached hydrogens (tertiary/aromatic N) is 5. The molecule has 9 nitrogen and oxygen atoms in total. The Balaban J connectivity index is 0.00000245. The number of aromatic nitrogens is 5. The maximum atomic E-state index is 12.9. The number of fused-ring (bicyclic) bond motifs is 2. The van der Waals surface area contributed by atoms with Crippen LogP contribution in [0.1, 0.15) is 18.1 Å². The largest absolute Gasteiger partial charge is 0.481 e. The van der Waals surface area contributed by atoms with E-state index in [9.17, 15) is 4.79 Å². The van der Waals surface area contributed by atoms with Crippen LogP contribution in [-0.4, -0.2) is 38.0 Å². The zero-order valence-corrected chi connectivity index (χ0v) is 18.6. The number of benzene rings is 1. The third-order valence-corrected chi connectivity index (χ3v) is 5.46. The van der Waals surface area contributed by atoms with E-state index in [1.807, 2.05) is 25.1 Å². The van der Waals surface area contributed by atoms with Crippen molar-refractivity contribution in [3.05, 3.63) is 64.1 Å². The average molecular weight is 454 g/mol. The number of nitrogens with one attached hydrogen (secondary N) is 2. The molecule has 0 saturated carbocycles. The van der Waals surface area contributed by atoms with Gasteiger partial charge in [-0.3, -0.25) is 4.79 Å². The van der Waals surface area contributed by atoms with Crippen LogP contribution in [0, 0.1) is 0 Å². The van der Waals surface area contributed by atoms with Gasteiger partial charge in [0.15, 0.2) is 11.5 Å². The molecule has 0 saturated heterocycles. The van der Waals surface area contributed by atoms with Crippen molar-refractivity contribution < 1.29 is 4.74 Å². The van der Waals surface area contributed by atoms with E-state index in [0.29, 0.717) is 35.2 Å². The minimum atomic E-state index is -0.159. The highest BCUT2D eigenvalue weighted by atomic mass is 35.5. The Labute approximate surface area is 190 Å². The van der Waals surface area contributed by atoms with E-state index in [-0.39, 0.29) is 18.0 Å². The van der Waals surface area contributed by atoms with Gasteiger partial charge < -0.3 is 15.4 Å². The van der Waals surface area contributed by atoms with Gasteiger partial charge in [0, 0.05) is 31.0 Å². The van der Waals surface area contributed by atoms with Crippen molar-refractivity contribution in [3.63, 3.8) is 0 Å². The van der Waals surface area contributed by atoms with Gasteiger partial charge in [-0.05, 0) is 49.2 Å². The Hall–Kier alpha value is -3.43. The molecule has 0 unspecified atom stereocenters. The third kappa shape index (κ3) is 3.80. The highest BCUT2D eigenvalue weighted by Crippen LogP contribution is 2.22. The van der Waals surface area contributed by atoms with Crippen molar-refractivity contribution in [2.45, 2.75) is 26.4 Å². The molecule has 0 spiro atoms. The van der Waals surface area contributed by atoms with E-state index >= 15 is 0 Å². The summed E-state index contributed by atoms with van der Waals surface area (Å²) in [6.07, 6.45) is 2.60. The van der Waals surface area contributed by atoms with Crippen molar-refractivity contribution in [2.24, 2.45) is 0 Å². The Morgan fingerprint density at radius 2 is 2.06 bits per heavy atom. The molecule has 166 valence electrons. The SMILES string of the molecule is CCn1c(=O)c2cnc(Nc3ccc4c(c3)CNCC4)nc2n1-c1cccc(OC)n1.Cl. The molecule has 4 heterocycles. The molecule has 1 aliphatic heterocycles. The lowest BCUT2D eigenvalue weighted by Crippen LogP contribution is -2.23. The molecule has 32 heavy (non-hydrogen) atoms. The summed E-state index contributed by atoms with van der Waals surface area (Å²) in [5.41, 5.74) is 3.87. The monoisotopic (exact) mass is 453 g/mol. The number of ether oxygens (including phenoxy) is 1. The maximum Gasteiger partial charge on any atom is 0.278 e. The summed E-state index contributed by atoms with van der Waals surface area (Å²) >= 11 is 0. The van der Waals surface area contributed by atoms with Gasteiger partial charge in [0.25, 0.3) is 5.56 Å². The molecular formula is C22H24ClN7O2. The molecule has 0 fully saturated rings. The van der Waals surface area contributed by atoms with Crippen LogP contribution in [-0.2, 0) is 19.5 Å². The number of hydrogen-bond acceptors (Lipinski definition) is 7. The molecule has 0 bridgehead atoms. The van der Waals surface area contributed by atoms with E-state index < -0.39 is 0 Å². The summed E-state index contributed by atoms with van der Waals surface area (Å²) in [4.78, 5) is 26.5. The van der Waals surface area contributed by atoms with Crippen LogP contribution in [0.5, 0.6) is 5.88 Å². The van der Waals surface area contributed by atoms with Crippen LogP contribution >= 0.6 is 12.4 Å². The molecule has 0 atom stereocenters. The maximum absolute atomic E-state index is 12.9. The number of hydrogen-bond donors (Lipinski definition) is 2.